The average molecular weight is 216 g/mol. The zero-order chi connectivity index (χ0) is 11.5. The summed E-state index contributed by atoms with van der Waals surface area (Å²) in [6, 6.07) is 7.57. The molecule has 1 aromatic carbocycles. The van der Waals surface area contributed by atoms with Crippen molar-refractivity contribution >= 4 is 22.8 Å². The van der Waals surface area contributed by atoms with Crippen LogP contribution in [-0.4, -0.2) is 22.4 Å². The number of hydrogen-bond acceptors (Lipinski definition) is 4. The second-order valence-corrected chi connectivity index (χ2v) is 3.47. The minimum Gasteiger partial charge on any atom is -0.368 e. The first-order valence-corrected chi connectivity index (χ1v) is 4.92. The van der Waals surface area contributed by atoms with Gasteiger partial charge in [-0.2, -0.15) is 0 Å². The molecule has 3 N–H and O–H groups in total. The lowest BCUT2D eigenvalue weighted by molar-refractivity contribution is -0.116. The number of aryl methyl sites for hydroxylation is 1. The lowest BCUT2D eigenvalue weighted by Crippen LogP contribution is -2.22. The molecule has 0 unspecified atom stereocenters. The Morgan fingerprint density at radius 3 is 2.56 bits per heavy atom. The summed E-state index contributed by atoms with van der Waals surface area (Å²) in [6.45, 7) is 1.90. The maximum Gasteiger partial charge on any atom is 0.236 e. The standard InChI is InChI=1S/C11H12N4O/c1-7-11(13-6-10(12)16)15-9-5-3-2-4-8(9)14-7/h2-5H,6H2,1H3,(H2,12,16)(H,13,15). The van der Waals surface area contributed by atoms with E-state index in [9.17, 15) is 4.79 Å². The van der Waals surface area contributed by atoms with Crippen LogP contribution < -0.4 is 11.1 Å². The average Bonchev–Trinajstić information content (AvgIpc) is 2.26. The third kappa shape index (κ3) is 2.08. The maximum atomic E-state index is 10.7. The molecule has 0 fully saturated rings. The van der Waals surface area contributed by atoms with Gasteiger partial charge in [0.2, 0.25) is 5.91 Å². The smallest absolute Gasteiger partial charge is 0.236 e. The summed E-state index contributed by atoms with van der Waals surface area (Å²) in [5, 5.41) is 2.86. The summed E-state index contributed by atoms with van der Waals surface area (Å²) < 4.78 is 0. The molecular weight excluding hydrogens is 204 g/mol. The van der Waals surface area contributed by atoms with Crippen molar-refractivity contribution in [3.63, 3.8) is 0 Å². The number of fused-ring (bicyclic) bond motifs is 1. The molecule has 0 saturated carbocycles. The van der Waals surface area contributed by atoms with Crippen molar-refractivity contribution in [2.75, 3.05) is 11.9 Å². The van der Waals surface area contributed by atoms with Crippen molar-refractivity contribution in [3.8, 4) is 0 Å². The number of benzene rings is 1. The summed E-state index contributed by atoms with van der Waals surface area (Å²) in [5.74, 6) is 0.173. The lowest BCUT2D eigenvalue weighted by atomic mass is 10.3. The van der Waals surface area contributed by atoms with E-state index in [1.165, 1.54) is 0 Å². The van der Waals surface area contributed by atoms with E-state index in [-0.39, 0.29) is 6.54 Å². The molecule has 5 nitrogen and oxygen atoms in total. The van der Waals surface area contributed by atoms with Gasteiger partial charge in [-0.3, -0.25) is 4.79 Å². The minimum absolute atomic E-state index is 0.0634. The van der Waals surface area contributed by atoms with Crippen molar-refractivity contribution in [1.82, 2.24) is 9.97 Å². The van der Waals surface area contributed by atoms with E-state index in [1.807, 2.05) is 31.2 Å². The molecule has 0 spiro atoms. The molecule has 0 radical (unpaired) electrons. The number of hydrogen-bond donors (Lipinski definition) is 2. The van der Waals surface area contributed by atoms with Crippen LogP contribution in [0, 0.1) is 6.92 Å². The predicted molar refractivity (Wildman–Crippen MR) is 62.0 cm³/mol. The van der Waals surface area contributed by atoms with Gasteiger partial charge in [-0.05, 0) is 19.1 Å². The van der Waals surface area contributed by atoms with Crippen LogP contribution in [0.2, 0.25) is 0 Å². The Bertz CT molecular complexity index is 538. The number of nitrogens with zero attached hydrogens (tertiary/aromatic N) is 2. The number of amides is 1. The number of para-hydroxylation sites is 2. The molecule has 82 valence electrons. The number of rotatable bonds is 3. The Hall–Kier alpha value is -2.17. The van der Waals surface area contributed by atoms with Gasteiger partial charge in [0, 0.05) is 0 Å². The number of carbonyl (C=O) groups is 1. The first kappa shape index (κ1) is 10.4. The van der Waals surface area contributed by atoms with Crippen LogP contribution in [0.25, 0.3) is 11.0 Å². The highest BCUT2D eigenvalue weighted by Gasteiger charge is 2.04. The molecule has 1 aromatic heterocycles. The molecule has 0 bridgehead atoms. The van der Waals surface area contributed by atoms with Gasteiger partial charge < -0.3 is 11.1 Å². The molecule has 0 aliphatic rings. The summed E-state index contributed by atoms with van der Waals surface area (Å²) in [5.41, 5.74) is 7.43. The first-order valence-electron chi connectivity index (χ1n) is 4.92. The lowest BCUT2D eigenvalue weighted by Gasteiger charge is -2.07. The van der Waals surface area contributed by atoms with Gasteiger partial charge in [0.05, 0.1) is 23.3 Å². The highest BCUT2D eigenvalue weighted by atomic mass is 16.1. The highest BCUT2D eigenvalue weighted by molar-refractivity contribution is 5.80. The van der Waals surface area contributed by atoms with E-state index in [4.69, 9.17) is 5.73 Å². The van der Waals surface area contributed by atoms with Gasteiger partial charge in [-0.25, -0.2) is 9.97 Å². The normalized spacial score (nSPS) is 10.3. The summed E-state index contributed by atoms with van der Waals surface area (Å²) in [7, 11) is 0. The van der Waals surface area contributed by atoms with E-state index in [1.54, 1.807) is 0 Å². The SMILES string of the molecule is Cc1nc2ccccc2nc1NCC(N)=O. The van der Waals surface area contributed by atoms with E-state index >= 15 is 0 Å². The Labute approximate surface area is 92.7 Å². The van der Waals surface area contributed by atoms with E-state index in [2.05, 4.69) is 15.3 Å². The largest absolute Gasteiger partial charge is 0.368 e. The third-order valence-electron chi connectivity index (χ3n) is 2.17. The summed E-state index contributed by atoms with van der Waals surface area (Å²) >= 11 is 0. The number of anilines is 1. The summed E-state index contributed by atoms with van der Waals surface area (Å²) in [6.07, 6.45) is 0. The Kier molecular flexibility index (Phi) is 2.68. The van der Waals surface area contributed by atoms with E-state index in [0.717, 1.165) is 16.7 Å². The van der Waals surface area contributed by atoms with Crippen molar-refractivity contribution < 1.29 is 4.79 Å². The van der Waals surface area contributed by atoms with Gasteiger partial charge in [-0.15, -0.1) is 0 Å². The maximum absolute atomic E-state index is 10.7. The van der Waals surface area contributed by atoms with Crippen LogP contribution in [0.15, 0.2) is 24.3 Å². The second-order valence-electron chi connectivity index (χ2n) is 3.47. The van der Waals surface area contributed by atoms with Crippen molar-refractivity contribution in [3.05, 3.63) is 30.0 Å². The topological polar surface area (TPSA) is 80.9 Å². The zero-order valence-electron chi connectivity index (χ0n) is 8.90. The van der Waals surface area contributed by atoms with Crippen LogP contribution >= 0.6 is 0 Å². The van der Waals surface area contributed by atoms with Crippen LogP contribution in [0.4, 0.5) is 5.82 Å². The summed E-state index contributed by atoms with van der Waals surface area (Å²) in [4.78, 5) is 19.4. The van der Waals surface area contributed by atoms with E-state index < -0.39 is 5.91 Å². The molecule has 2 rings (SSSR count). The number of aromatic nitrogens is 2. The monoisotopic (exact) mass is 216 g/mol. The first-order chi connectivity index (χ1) is 7.66. The van der Waals surface area contributed by atoms with Gasteiger partial charge >= 0.3 is 0 Å². The molecule has 0 saturated heterocycles. The molecular formula is C11H12N4O. The molecule has 2 aromatic rings. The third-order valence-corrected chi connectivity index (χ3v) is 2.17. The molecule has 5 heteroatoms. The number of carbonyl (C=O) groups excluding carboxylic acids is 1. The zero-order valence-corrected chi connectivity index (χ0v) is 8.90. The van der Waals surface area contributed by atoms with Gasteiger partial charge in [0.15, 0.2) is 0 Å². The van der Waals surface area contributed by atoms with Crippen molar-refractivity contribution in [1.29, 1.82) is 0 Å². The predicted octanol–water partition coefficient (Wildman–Crippen LogP) is 0.835. The quantitative estimate of drug-likeness (QED) is 0.796. The van der Waals surface area contributed by atoms with Gasteiger partial charge in [0.25, 0.3) is 0 Å². The Morgan fingerprint density at radius 1 is 1.31 bits per heavy atom. The Morgan fingerprint density at radius 2 is 1.94 bits per heavy atom. The molecule has 16 heavy (non-hydrogen) atoms. The molecule has 0 aliphatic carbocycles. The van der Waals surface area contributed by atoms with Crippen molar-refractivity contribution in [2.24, 2.45) is 5.73 Å². The second kappa shape index (κ2) is 4.14. The minimum atomic E-state index is -0.422. The van der Waals surface area contributed by atoms with Gasteiger partial charge in [0.1, 0.15) is 5.82 Å². The molecule has 1 amide bonds. The number of nitrogens with two attached hydrogens (primary N) is 1. The fourth-order valence-corrected chi connectivity index (χ4v) is 1.43. The number of primary amides is 1. The van der Waals surface area contributed by atoms with E-state index in [0.29, 0.717) is 5.82 Å². The molecule has 0 aliphatic heterocycles. The fourth-order valence-electron chi connectivity index (χ4n) is 1.43. The van der Waals surface area contributed by atoms with Gasteiger partial charge in [-0.1, -0.05) is 12.1 Å². The van der Waals surface area contributed by atoms with Crippen LogP contribution in [0.1, 0.15) is 5.69 Å². The van der Waals surface area contributed by atoms with Crippen LogP contribution in [0.5, 0.6) is 0 Å². The Balaban J connectivity index is 2.38. The number of nitrogens with one attached hydrogen (secondary N) is 1. The van der Waals surface area contributed by atoms with Crippen LogP contribution in [0.3, 0.4) is 0 Å². The molecule has 1 heterocycles. The van der Waals surface area contributed by atoms with Crippen LogP contribution in [-0.2, 0) is 4.79 Å². The highest BCUT2D eigenvalue weighted by Crippen LogP contribution is 2.15. The van der Waals surface area contributed by atoms with Crippen molar-refractivity contribution in [2.45, 2.75) is 6.92 Å². The fraction of sp³-hybridized carbons (Fsp3) is 0.182. The molecule has 0 atom stereocenters.